The lowest BCUT2D eigenvalue weighted by atomic mass is 10.1. The fraction of sp³-hybridized carbons (Fsp3) is 0.471. The second-order valence-corrected chi connectivity index (χ2v) is 6.95. The number of nitrogens with two attached hydrogens (primary N) is 1. The molecule has 24 heavy (non-hydrogen) atoms. The monoisotopic (exact) mass is 352 g/mol. The molecule has 2 rings (SSSR count). The molecule has 0 aliphatic heterocycles. The lowest BCUT2D eigenvalue weighted by Gasteiger charge is -2.19. The maximum absolute atomic E-state index is 12.5. The summed E-state index contributed by atoms with van der Waals surface area (Å²) in [6.45, 7) is 8.45. The molecule has 7 heteroatoms. The molecule has 0 bridgehead atoms. The second kappa shape index (κ2) is 7.77. The molecule has 1 heterocycles. The molecule has 0 radical (unpaired) electrons. The number of amides is 1. The van der Waals surface area contributed by atoms with Gasteiger partial charge in [-0.05, 0) is 25.8 Å². The lowest BCUT2D eigenvalue weighted by Crippen LogP contribution is -2.45. The van der Waals surface area contributed by atoms with Gasteiger partial charge in [-0.15, -0.1) is 12.4 Å². The summed E-state index contributed by atoms with van der Waals surface area (Å²) in [5.74, 6) is -0.0718. The van der Waals surface area contributed by atoms with Crippen LogP contribution in [0.2, 0.25) is 0 Å². The number of nitrogens with one attached hydrogen (secondary N) is 1. The average Bonchev–Trinajstić information content (AvgIpc) is 2.46. The number of carbonyl (C=O) groups is 1. The normalized spacial score (nSPS) is 11.4. The number of carbonyl (C=O) groups excluding carboxylic acids is 1. The Balaban J connectivity index is 0.00000288. The highest BCUT2D eigenvalue weighted by atomic mass is 35.5. The summed E-state index contributed by atoms with van der Waals surface area (Å²) in [5.41, 5.74) is 5.47. The zero-order valence-electron chi connectivity index (χ0n) is 14.5. The van der Waals surface area contributed by atoms with Gasteiger partial charge in [-0.1, -0.05) is 32.0 Å². The lowest BCUT2D eigenvalue weighted by molar-refractivity contribution is 0.0940. The Kier molecular flexibility index (Phi) is 6.51. The fourth-order valence-corrected chi connectivity index (χ4v) is 2.26. The van der Waals surface area contributed by atoms with Gasteiger partial charge in [-0.25, -0.2) is 4.68 Å². The van der Waals surface area contributed by atoms with Gasteiger partial charge < -0.3 is 11.1 Å². The van der Waals surface area contributed by atoms with Gasteiger partial charge in [0.2, 0.25) is 0 Å². The molecule has 1 aromatic heterocycles. The van der Waals surface area contributed by atoms with Crippen molar-refractivity contribution in [2.45, 2.75) is 39.8 Å². The molecule has 0 unspecified atom stereocenters. The molecular formula is C17H25ClN4O2. The number of aromatic nitrogens is 2. The summed E-state index contributed by atoms with van der Waals surface area (Å²) < 4.78 is 1.37. The summed E-state index contributed by atoms with van der Waals surface area (Å²) in [6.07, 6.45) is 0. The standard InChI is InChI=1S/C17H24N4O2.ClH/c1-11(2)9-21-16(23)13-8-6-5-7-12(13)14(20-21)15(22)19-10-17(3,4)18;/h5-8,11H,9-10,18H2,1-4H3,(H,19,22);1H. The van der Waals surface area contributed by atoms with Gasteiger partial charge in [0.05, 0.1) is 5.39 Å². The molecule has 3 N–H and O–H groups in total. The second-order valence-electron chi connectivity index (χ2n) is 6.95. The summed E-state index contributed by atoms with van der Waals surface area (Å²) in [7, 11) is 0. The van der Waals surface area contributed by atoms with Crippen LogP contribution in [-0.2, 0) is 6.54 Å². The van der Waals surface area contributed by atoms with Crippen LogP contribution in [0.4, 0.5) is 0 Å². The number of benzene rings is 1. The first-order valence-electron chi connectivity index (χ1n) is 7.76. The van der Waals surface area contributed by atoms with E-state index in [4.69, 9.17) is 5.73 Å². The highest BCUT2D eigenvalue weighted by molar-refractivity contribution is 6.04. The zero-order valence-corrected chi connectivity index (χ0v) is 15.3. The summed E-state index contributed by atoms with van der Waals surface area (Å²) in [5, 5.41) is 8.14. The van der Waals surface area contributed by atoms with E-state index in [0.717, 1.165) is 0 Å². The van der Waals surface area contributed by atoms with Crippen molar-refractivity contribution in [1.82, 2.24) is 15.1 Å². The molecule has 0 saturated heterocycles. The number of rotatable bonds is 5. The molecule has 0 fully saturated rings. The Bertz CT molecular complexity index is 778. The Labute approximate surface area is 147 Å². The first kappa shape index (κ1) is 20.1. The molecule has 1 aromatic carbocycles. The van der Waals surface area contributed by atoms with Crippen LogP contribution < -0.4 is 16.6 Å². The van der Waals surface area contributed by atoms with Gasteiger partial charge in [0.15, 0.2) is 5.69 Å². The zero-order chi connectivity index (χ0) is 17.2. The molecule has 0 saturated carbocycles. The van der Waals surface area contributed by atoms with Crippen molar-refractivity contribution in [3.63, 3.8) is 0 Å². The van der Waals surface area contributed by atoms with E-state index >= 15 is 0 Å². The van der Waals surface area contributed by atoms with E-state index in [0.29, 0.717) is 23.9 Å². The smallest absolute Gasteiger partial charge is 0.274 e. The Morgan fingerprint density at radius 1 is 1.29 bits per heavy atom. The number of fused-ring (bicyclic) bond motifs is 1. The molecule has 0 aliphatic carbocycles. The minimum atomic E-state index is -0.516. The van der Waals surface area contributed by atoms with E-state index in [1.54, 1.807) is 24.3 Å². The Hall–Kier alpha value is -1.92. The molecule has 0 atom stereocenters. The molecule has 132 valence electrons. The SMILES string of the molecule is CC(C)Cn1nc(C(=O)NCC(C)(C)N)c2ccccc2c1=O.Cl. The van der Waals surface area contributed by atoms with Crippen molar-refractivity contribution in [3.8, 4) is 0 Å². The van der Waals surface area contributed by atoms with E-state index in [1.165, 1.54) is 4.68 Å². The first-order valence-corrected chi connectivity index (χ1v) is 7.76. The highest BCUT2D eigenvalue weighted by Gasteiger charge is 2.19. The van der Waals surface area contributed by atoms with Gasteiger partial charge in [-0.3, -0.25) is 9.59 Å². The number of nitrogens with zero attached hydrogens (tertiary/aromatic N) is 2. The van der Waals surface area contributed by atoms with Gasteiger partial charge in [0.25, 0.3) is 11.5 Å². The van der Waals surface area contributed by atoms with Crippen LogP contribution in [0.1, 0.15) is 38.2 Å². The van der Waals surface area contributed by atoms with Gasteiger partial charge >= 0.3 is 0 Å². The van der Waals surface area contributed by atoms with Crippen LogP contribution in [0.25, 0.3) is 10.8 Å². The van der Waals surface area contributed by atoms with Crippen molar-refractivity contribution in [3.05, 3.63) is 40.3 Å². The predicted octanol–water partition coefficient (Wildman–Crippen LogP) is 1.94. The third-order valence-electron chi connectivity index (χ3n) is 3.33. The van der Waals surface area contributed by atoms with Crippen molar-refractivity contribution < 1.29 is 4.79 Å². The van der Waals surface area contributed by atoms with Crippen LogP contribution in [0.5, 0.6) is 0 Å². The summed E-state index contributed by atoms with van der Waals surface area (Å²) >= 11 is 0. The van der Waals surface area contributed by atoms with E-state index in [2.05, 4.69) is 10.4 Å². The van der Waals surface area contributed by atoms with Crippen LogP contribution in [-0.4, -0.2) is 27.8 Å². The van der Waals surface area contributed by atoms with Crippen molar-refractivity contribution in [1.29, 1.82) is 0 Å². The van der Waals surface area contributed by atoms with E-state index in [1.807, 2.05) is 27.7 Å². The maximum Gasteiger partial charge on any atom is 0.274 e. The van der Waals surface area contributed by atoms with Crippen LogP contribution in [0.15, 0.2) is 29.1 Å². The quantitative estimate of drug-likeness (QED) is 0.860. The van der Waals surface area contributed by atoms with E-state index < -0.39 is 5.54 Å². The largest absolute Gasteiger partial charge is 0.349 e. The van der Waals surface area contributed by atoms with Gasteiger partial charge in [0, 0.05) is 24.0 Å². The van der Waals surface area contributed by atoms with E-state index in [9.17, 15) is 9.59 Å². The summed E-state index contributed by atoms with van der Waals surface area (Å²) in [6, 6.07) is 7.04. The molecule has 0 spiro atoms. The third-order valence-corrected chi connectivity index (χ3v) is 3.33. The van der Waals surface area contributed by atoms with Crippen LogP contribution in [0, 0.1) is 5.92 Å². The average molecular weight is 353 g/mol. The van der Waals surface area contributed by atoms with Crippen LogP contribution in [0.3, 0.4) is 0 Å². The van der Waals surface area contributed by atoms with Crippen molar-refractivity contribution >= 4 is 29.1 Å². The summed E-state index contributed by atoms with van der Waals surface area (Å²) in [4.78, 5) is 25.0. The molecular weight excluding hydrogens is 328 g/mol. The van der Waals surface area contributed by atoms with Crippen molar-refractivity contribution in [2.24, 2.45) is 11.7 Å². The highest BCUT2D eigenvalue weighted by Crippen LogP contribution is 2.14. The molecule has 6 nitrogen and oxygen atoms in total. The van der Waals surface area contributed by atoms with Gasteiger partial charge in [-0.2, -0.15) is 5.10 Å². The predicted molar refractivity (Wildman–Crippen MR) is 98.7 cm³/mol. The number of hydrogen-bond donors (Lipinski definition) is 2. The van der Waals surface area contributed by atoms with E-state index in [-0.39, 0.29) is 35.5 Å². The minimum Gasteiger partial charge on any atom is -0.349 e. The van der Waals surface area contributed by atoms with Gasteiger partial charge in [0.1, 0.15) is 0 Å². The van der Waals surface area contributed by atoms with Crippen LogP contribution >= 0.6 is 12.4 Å². The fourth-order valence-electron chi connectivity index (χ4n) is 2.26. The molecule has 1 amide bonds. The number of hydrogen-bond acceptors (Lipinski definition) is 4. The minimum absolute atomic E-state index is 0. The number of halogens is 1. The Morgan fingerprint density at radius 3 is 2.42 bits per heavy atom. The molecule has 0 aliphatic rings. The molecule has 2 aromatic rings. The third kappa shape index (κ3) is 4.79. The van der Waals surface area contributed by atoms with Crippen molar-refractivity contribution in [2.75, 3.05) is 6.54 Å². The first-order chi connectivity index (χ1) is 10.7. The Morgan fingerprint density at radius 2 is 1.88 bits per heavy atom. The maximum atomic E-state index is 12.5. The topological polar surface area (TPSA) is 90.0 Å².